The zero-order chi connectivity index (χ0) is 13.2. The fraction of sp³-hybridized carbons (Fsp3) is 0.333. The predicted molar refractivity (Wildman–Crippen MR) is 73.0 cm³/mol. The van der Waals surface area contributed by atoms with Crippen molar-refractivity contribution in [3.63, 3.8) is 0 Å². The predicted octanol–water partition coefficient (Wildman–Crippen LogP) is 2.27. The van der Waals surface area contributed by atoms with Crippen molar-refractivity contribution < 1.29 is 9.59 Å². The van der Waals surface area contributed by atoms with Gasteiger partial charge >= 0.3 is 0 Å². The summed E-state index contributed by atoms with van der Waals surface area (Å²) in [5.41, 5.74) is 1.54. The number of nitrogens with one attached hydrogen (secondary N) is 2. The lowest BCUT2D eigenvalue weighted by molar-refractivity contribution is -0.117. The van der Waals surface area contributed by atoms with Crippen LogP contribution in [0.4, 0.5) is 0 Å². The number of hydrogen-bond acceptors (Lipinski definition) is 2. The molecule has 1 aliphatic rings. The van der Waals surface area contributed by atoms with Crippen molar-refractivity contribution in [2.75, 3.05) is 6.54 Å². The van der Waals surface area contributed by atoms with Gasteiger partial charge in [-0.1, -0.05) is 18.2 Å². The molecule has 0 bridgehead atoms. The Morgan fingerprint density at radius 1 is 1.37 bits per heavy atom. The van der Waals surface area contributed by atoms with E-state index in [1.54, 1.807) is 0 Å². The Morgan fingerprint density at radius 3 is 2.95 bits per heavy atom. The first-order valence-electron chi connectivity index (χ1n) is 6.60. The lowest BCUT2D eigenvalue weighted by atomic mass is 10.1. The second-order valence-corrected chi connectivity index (χ2v) is 5.13. The molecular formula is C15H16N2O2. The summed E-state index contributed by atoms with van der Waals surface area (Å²) in [6.45, 7) is 0.583. The number of ketones is 1. The van der Waals surface area contributed by atoms with E-state index in [0.717, 1.165) is 17.3 Å². The van der Waals surface area contributed by atoms with E-state index in [2.05, 4.69) is 10.3 Å². The van der Waals surface area contributed by atoms with Crippen molar-refractivity contribution in [3.8, 4) is 0 Å². The van der Waals surface area contributed by atoms with Crippen molar-refractivity contribution in [1.82, 2.24) is 10.3 Å². The molecule has 1 unspecified atom stereocenters. The maximum Gasteiger partial charge on any atom is 0.267 e. The van der Waals surface area contributed by atoms with Gasteiger partial charge in [-0.05, 0) is 24.5 Å². The molecule has 2 aromatic rings. The standard InChI is InChI=1S/C15H16N2O2/c18-12-6-5-10(7-12)9-16-15(19)14-8-11-3-1-2-4-13(11)17-14/h1-4,8,10,17H,5-7,9H2,(H,16,19). The van der Waals surface area contributed by atoms with E-state index in [4.69, 9.17) is 0 Å². The van der Waals surface area contributed by atoms with Crippen molar-refractivity contribution in [3.05, 3.63) is 36.0 Å². The first kappa shape index (κ1) is 12.0. The number of carbonyl (C=O) groups excluding carboxylic acids is 2. The van der Waals surface area contributed by atoms with Gasteiger partial charge in [0.15, 0.2) is 0 Å². The minimum absolute atomic E-state index is 0.101. The average Bonchev–Trinajstić information content (AvgIpc) is 3.01. The van der Waals surface area contributed by atoms with E-state index in [1.165, 1.54) is 0 Å². The molecule has 1 heterocycles. The topological polar surface area (TPSA) is 62.0 Å². The van der Waals surface area contributed by atoms with Crippen molar-refractivity contribution in [2.24, 2.45) is 5.92 Å². The fourth-order valence-corrected chi connectivity index (χ4v) is 2.59. The Hall–Kier alpha value is -2.10. The lowest BCUT2D eigenvalue weighted by Gasteiger charge is -2.08. The summed E-state index contributed by atoms with van der Waals surface area (Å²) in [5.74, 6) is 0.515. The monoisotopic (exact) mass is 256 g/mol. The molecule has 3 rings (SSSR count). The second kappa shape index (κ2) is 4.88. The van der Waals surface area contributed by atoms with Crippen LogP contribution in [0.3, 0.4) is 0 Å². The van der Waals surface area contributed by atoms with Crippen LogP contribution >= 0.6 is 0 Å². The van der Waals surface area contributed by atoms with Crippen LogP contribution in [0.15, 0.2) is 30.3 Å². The van der Waals surface area contributed by atoms with E-state index in [1.807, 2.05) is 30.3 Å². The highest BCUT2D eigenvalue weighted by molar-refractivity contribution is 5.98. The second-order valence-electron chi connectivity index (χ2n) is 5.13. The number of H-pyrrole nitrogens is 1. The fourth-order valence-electron chi connectivity index (χ4n) is 2.59. The molecule has 4 nitrogen and oxygen atoms in total. The number of aromatic nitrogens is 1. The number of hydrogen-bond donors (Lipinski definition) is 2. The van der Waals surface area contributed by atoms with Crippen LogP contribution in [-0.4, -0.2) is 23.2 Å². The summed E-state index contributed by atoms with van der Waals surface area (Å²) in [5, 5.41) is 3.93. The molecule has 1 amide bonds. The molecule has 1 aromatic heterocycles. The van der Waals surface area contributed by atoms with E-state index in [-0.39, 0.29) is 5.91 Å². The molecule has 0 radical (unpaired) electrons. The number of benzene rings is 1. The van der Waals surface area contributed by atoms with E-state index >= 15 is 0 Å². The van der Waals surface area contributed by atoms with Crippen LogP contribution in [0.25, 0.3) is 10.9 Å². The number of rotatable bonds is 3. The maximum absolute atomic E-state index is 12.0. The minimum atomic E-state index is -0.101. The van der Waals surface area contributed by atoms with Crippen LogP contribution in [-0.2, 0) is 4.79 Å². The van der Waals surface area contributed by atoms with Crippen molar-refractivity contribution in [1.29, 1.82) is 0 Å². The average molecular weight is 256 g/mol. The molecule has 19 heavy (non-hydrogen) atoms. The largest absolute Gasteiger partial charge is 0.351 e. The highest BCUT2D eigenvalue weighted by Gasteiger charge is 2.22. The molecular weight excluding hydrogens is 240 g/mol. The van der Waals surface area contributed by atoms with Gasteiger partial charge in [0.05, 0.1) is 0 Å². The van der Waals surface area contributed by atoms with Gasteiger partial charge in [0, 0.05) is 30.3 Å². The molecule has 1 aliphatic carbocycles. The van der Waals surface area contributed by atoms with Crippen LogP contribution < -0.4 is 5.32 Å². The molecule has 1 saturated carbocycles. The molecule has 0 spiro atoms. The van der Waals surface area contributed by atoms with Gasteiger partial charge in [-0.2, -0.15) is 0 Å². The molecule has 98 valence electrons. The van der Waals surface area contributed by atoms with Gasteiger partial charge in [-0.3, -0.25) is 9.59 Å². The summed E-state index contributed by atoms with van der Waals surface area (Å²) >= 11 is 0. The Balaban J connectivity index is 1.65. The minimum Gasteiger partial charge on any atom is -0.351 e. The third-order valence-corrected chi connectivity index (χ3v) is 3.67. The molecule has 1 fully saturated rings. The highest BCUT2D eigenvalue weighted by Crippen LogP contribution is 2.21. The molecule has 0 aliphatic heterocycles. The number of aromatic amines is 1. The highest BCUT2D eigenvalue weighted by atomic mass is 16.2. The van der Waals surface area contributed by atoms with Crippen molar-refractivity contribution in [2.45, 2.75) is 19.3 Å². The molecule has 1 atom stereocenters. The van der Waals surface area contributed by atoms with Gasteiger partial charge < -0.3 is 10.3 Å². The van der Waals surface area contributed by atoms with Crippen LogP contribution in [0.5, 0.6) is 0 Å². The Kier molecular flexibility index (Phi) is 3.07. The maximum atomic E-state index is 12.0. The number of Topliss-reactive ketones (excluding diaryl/α,β-unsaturated/α-hetero) is 1. The molecule has 4 heteroatoms. The number of para-hydroxylation sites is 1. The number of carbonyl (C=O) groups is 2. The third-order valence-electron chi connectivity index (χ3n) is 3.67. The summed E-state index contributed by atoms with van der Waals surface area (Å²) < 4.78 is 0. The zero-order valence-corrected chi connectivity index (χ0v) is 10.6. The number of amides is 1. The van der Waals surface area contributed by atoms with Crippen molar-refractivity contribution >= 4 is 22.6 Å². The molecule has 2 N–H and O–H groups in total. The summed E-state index contributed by atoms with van der Waals surface area (Å²) in [4.78, 5) is 26.3. The smallest absolute Gasteiger partial charge is 0.267 e. The van der Waals surface area contributed by atoms with Crippen LogP contribution in [0.2, 0.25) is 0 Å². The summed E-state index contributed by atoms with van der Waals surface area (Å²) in [6, 6.07) is 9.65. The van der Waals surface area contributed by atoms with Gasteiger partial charge in [0.25, 0.3) is 5.91 Å². The Bertz CT molecular complexity index is 597. The van der Waals surface area contributed by atoms with E-state index in [9.17, 15) is 9.59 Å². The molecule has 1 aromatic carbocycles. The summed E-state index contributed by atoms with van der Waals surface area (Å²) in [6.07, 6.45) is 2.16. The van der Waals surface area contributed by atoms with Crippen LogP contribution in [0, 0.1) is 5.92 Å². The van der Waals surface area contributed by atoms with Gasteiger partial charge in [-0.15, -0.1) is 0 Å². The Labute approximate surface area is 111 Å². The SMILES string of the molecule is O=C1CCC(CNC(=O)c2cc3ccccc3[nH]2)C1. The third kappa shape index (κ3) is 2.52. The summed E-state index contributed by atoms with van der Waals surface area (Å²) in [7, 11) is 0. The lowest BCUT2D eigenvalue weighted by Crippen LogP contribution is -2.28. The quantitative estimate of drug-likeness (QED) is 0.884. The zero-order valence-electron chi connectivity index (χ0n) is 10.6. The van der Waals surface area contributed by atoms with Gasteiger partial charge in [-0.25, -0.2) is 0 Å². The normalized spacial score (nSPS) is 18.9. The van der Waals surface area contributed by atoms with Gasteiger partial charge in [0.1, 0.15) is 11.5 Å². The van der Waals surface area contributed by atoms with Gasteiger partial charge in [0.2, 0.25) is 0 Å². The van der Waals surface area contributed by atoms with E-state index in [0.29, 0.717) is 36.8 Å². The Morgan fingerprint density at radius 2 is 2.21 bits per heavy atom. The first-order valence-corrected chi connectivity index (χ1v) is 6.60. The molecule has 0 saturated heterocycles. The number of fused-ring (bicyclic) bond motifs is 1. The first-order chi connectivity index (χ1) is 9.22. The van der Waals surface area contributed by atoms with Crippen LogP contribution in [0.1, 0.15) is 29.8 Å². The van der Waals surface area contributed by atoms with E-state index < -0.39 is 0 Å².